The maximum atomic E-state index is 12.3. The van der Waals surface area contributed by atoms with Crippen molar-refractivity contribution in [2.75, 3.05) is 18.4 Å². The average molecular weight is 350 g/mol. The Balaban J connectivity index is 1.46. The zero-order valence-corrected chi connectivity index (χ0v) is 13.8. The molecule has 2 amide bonds. The van der Waals surface area contributed by atoms with Gasteiger partial charge < -0.3 is 14.6 Å². The maximum Gasteiger partial charge on any atom is 0.321 e. The van der Waals surface area contributed by atoms with Crippen LogP contribution in [-0.2, 0) is 10.0 Å². The highest BCUT2D eigenvalue weighted by Crippen LogP contribution is 2.40. The van der Waals surface area contributed by atoms with Gasteiger partial charge in [0.05, 0.1) is 5.25 Å². The molecule has 0 bridgehead atoms. The number of benzene rings is 1. The Hall–Kier alpha value is -2.13. The Bertz CT molecular complexity index is 903. The maximum absolute atomic E-state index is 12.3. The van der Waals surface area contributed by atoms with Crippen LogP contribution in [0.15, 0.2) is 22.6 Å². The number of nitrogens with two attached hydrogens (primary N) is 1. The van der Waals surface area contributed by atoms with E-state index in [4.69, 9.17) is 9.56 Å². The van der Waals surface area contributed by atoms with Crippen molar-refractivity contribution >= 4 is 32.8 Å². The Morgan fingerprint density at radius 1 is 1.33 bits per heavy atom. The fourth-order valence-corrected chi connectivity index (χ4v) is 3.73. The first-order valence-corrected chi connectivity index (χ1v) is 9.49. The summed E-state index contributed by atoms with van der Waals surface area (Å²) >= 11 is 0. The third-order valence-electron chi connectivity index (χ3n) is 4.48. The number of primary sulfonamides is 1. The fraction of sp³-hybridized carbons (Fsp3) is 0.467. The lowest BCUT2D eigenvalue weighted by molar-refractivity contribution is 0.222. The van der Waals surface area contributed by atoms with Gasteiger partial charge in [-0.2, -0.15) is 0 Å². The number of carbonyl (C=O) groups is 1. The molecule has 0 radical (unpaired) electrons. The molecule has 2 heterocycles. The molecule has 0 spiro atoms. The number of rotatable bonds is 3. The average Bonchev–Trinajstić information content (AvgIpc) is 3.09. The summed E-state index contributed by atoms with van der Waals surface area (Å²) in [6, 6.07) is 4.94. The van der Waals surface area contributed by atoms with E-state index in [0.717, 1.165) is 18.7 Å². The molecule has 8 nitrogen and oxygen atoms in total. The molecule has 2 aromatic rings. The molecule has 1 aromatic heterocycles. The first-order chi connectivity index (χ1) is 11.4. The van der Waals surface area contributed by atoms with Crippen molar-refractivity contribution in [1.82, 2.24) is 9.88 Å². The molecule has 0 unspecified atom stereocenters. The normalized spacial score (nSPS) is 21.4. The number of aromatic nitrogens is 1. The monoisotopic (exact) mass is 350 g/mol. The van der Waals surface area contributed by atoms with Gasteiger partial charge in [0.25, 0.3) is 0 Å². The van der Waals surface area contributed by atoms with Crippen molar-refractivity contribution in [2.24, 2.45) is 5.14 Å². The Morgan fingerprint density at radius 3 is 2.79 bits per heavy atom. The van der Waals surface area contributed by atoms with E-state index in [0.29, 0.717) is 35.7 Å². The van der Waals surface area contributed by atoms with Crippen LogP contribution in [0.2, 0.25) is 0 Å². The summed E-state index contributed by atoms with van der Waals surface area (Å²) in [5.41, 5.74) is 2.01. The van der Waals surface area contributed by atoms with Crippen molar-refractivity contribution < 1.29 is 17.6 Å². The topological polar surface area (TPSA) is 119 Å². The quantitative estimate of drug-likeness (QED) is 0.871. The molecule has 24 heavy (non-hydrogen) atoms. The first kappa shape index (κ1) is 15.4. The summed E-state index contributed by atoms with van der Waals surface area (Å²) in [4.78, 5) is 18.2. The van der Waals surface area contributed by atoms with Crippen LogP contribution in [0.4, 0.5) is 10.5 Å². The van der Waals surface area contributed by atoms with Gasteiger partial charge in [0, 0.05) is 24.7 Å². The number of amides is 2. The summed E-state index contributed by atoms with van der Waals surface area (Å²) in [7, 11) is -3.61. The molecule has 1 saturated carbocycles. The van der Waals surface area contributed by atoms with Crippen LogP contribution < -0.4 is 10.5 Å². The van der Waals surface area contributed by atoms with E-state index in [9.17, 15) is 13.2 Å². The highest BCUT2D eigenvalue weighted by molar-refractivity contribution is 7.89. The Morgan fingerprint density at radius 2 is 2.12 bits per heavy atom. The molecule has 3 N–H and O–H groups in total. The number of urea groups is 1. The van der Waals surface area contributed by atoms with Crippen LogP contribution in [0.5, 0.6) is 0 Å². The standard InChI is InChI=1S/C15H18N4O4S/c16-24(21,22)11-5-6-19(8-11)15(20)17-10-3-4-13-12(7-10)18-14(23-13)9-1-2-9/h3-4,7,9,11H,1-2,5-6,8H2,(H,17,20)(H2,16,21,22)/t11-/m1/s1. The van der Waals surface area contributed by atoms with Gasteiger partial charge in [-0.25, -0.2) is 23.3 Å². The third kappa shape index (κ3) is 2.96. The van der Waals surface area contributed by atoms with E-state index in [-0.39, 0.29) is 12.6 Å². The SMILES string of the molecule is NS(=O)(=O)[C@@H]1CCN(C(=O)Nc2ccc3oc(C4CC4)nc3c2)C1. The largest absolute Gasteiger partial charge is 0.440 e. The van der Waals surface area contributed by atoms with Crippen molar-refractivity contribution in [1.29, 1.82) is 0 Å². The second kappa shape index (κ2) is 5.45. The van der Waals surface area contributed by atoms with E-state index in [1.165, 1.54) is 4.90 Å². The molecule has 1 aliphatic carbocycles. The molecule has 1 saturated heterocycles. The van der Waals surface area contributed by atoms with E-state index < -0.39 is 15.3 Å². The summed E-state index contributed by atoms with van der Waals surface area (Å²) in [6.07, 6.45) is 2.58. The molecule has 128 valence electrons. The number of sulfonamides is 1. The minimum Gasteiger partial charge on any atom is -0.440 e. The summed E-state index contributed by atoms with van der Waals surface area (Å²) in [5.74, 6) is 1.18. The second-order valence-corrected chi connectivity index (χ2v) is 8.23. The van der Waals surface area contributed by atoms with Gasteiger partial charge in [-0.05, 0) is 37.5 Å². The number of oxazole rings is 1. The number of likely N-dealkylation sites (tertiary alicyclic amines) is 1. The van der Waals surface area contributed by atoms with Gasteiger partial charge in [0.1, 0.15) is 5.52 Å². The number of anilines is 1. The van der Waals surface area contributed by atoms with Crippen LogP contribution in [0.25, 0.3) is 11.1 Å². The van der Waals surface area contributed by atoms with E-state index >= 15 is 0 Å². The second-order valence-electron chi connectivity index (χ2n) is 6.38. The zero-order chi connectivity index (χ0) is 16.9. The number of fused-ring (bicyclic) bond motifs is 1. The lowest BCUT2D eigenvalue weighted by Crippen LogP contribution is -2.36. The smallest absolute Gasteiger partial charge is 0.321 e. The third-order valence-corrected chi connectivity index (χ3v) is 5.79. The summed E-state index contributed by atoms with van der Waals surface area (Å²) < 4.78 is 28.4. The van der Waals surface area contributed by atoms with Gasteiger partial charge in [-0.15, -0.1) is 0 Å². The van der Waals surface area contributed by atoms with Crippen LogP contribution in [-0.4, -0.2) is 42.7 Å². The zero-order valence-electron chi connectivity index (χ0n) is 12.9. The van der Waals surface area contributed by atoms with Gasteiger partial charge in [-0.3, -0.25) is 0 Å². The molecular weight excluding hydrogens is 332 g/mol. The summed E-state index contributed by atoms with van der Waals surface area (Å²) in [5, 5.41) is 7.22. The van der Waals surface area contributed by atoms with Crippen LogP contribution in [0.3, 0.4) is 0 Å². The first-order valence-electron chi connectivity index (χ1n) is 7.88. The molecule has 4 rings (SSSR count). The van der Waals surface area contributed by atoms with Gasteiger partial charge in [0.2, 0.25) is 10.0 Å². The molecule has 2 aliphatic rings. The molecule has 1 aromatic carbocycles. The lowest BCUT2D eigenvalue weighted by Gasteiger charge is -2.16. The van der Waals surface area contributed by atoms with Gasteiger partial charge in [-0.1, -0.05) is 0 Å². The number of hydrogen-bond acceptors (Lipinski definition) is 5. The molecule has 2 fully saturated rings. The Kier molecular flexibility index (Phi) is 3.50. The number of hydrogen-bond donors (Lipinski definition) is 2. The number of carbonyl (C=O) groups excluding carboxylic acids is 1. The minimum atomic E-state index is -3.61. The minimum absolute atomic E-state index is 0.114. The lowest BCUT2D eigenvalue weighted by atomic mass is 10.3. The predicted molar refractivity (Wildman–Crippen MR) is 88.1 cm³/mol. The molecule has 9 heteroatoms. The number of nitrogens with one attached hydrogen (secondary N) is 1. The van der Waals surface area contributed by atoms with Crippen LogP contribution in [0.1, 0.15) is 31.1 Å². The van der Waals surface area contributed by atoms with Crippen molar-refractivity contribution in [2.45, 2.75) is 30.4 Å². The van der Waals surface area contributed by atoms with E-state index in [2.05, 4.69) is 10.3 Å². The Labute approximate surface area is 139 Å². The molecule has 1 aliphatic heterocycles. The molecule has 1 atom stereocenters. The number of nitrogens with zero attached hydrogens (tertiary/aromatic N) is 2. The van der Waals surface area contributed by atoms with Crippen LogP contribution >= 0.6 is 0 Å². The predicted octanol–water partition coefficient (Wildman–Crippen LogP) is 1.60. The molecular formula is C15H18N4O4S. The van der Waals surface area contributed by atoms with E-state index in [1.54, 1.807) is 18.2 Å². The van der Waals surface area contributed by atoms with Crippen LogP contribution in [0, 0.1) is 0 Å². The van der Waals surface area contributed by atoms with Gasteiger partial charge in [0.15, 0.2) is 11.5 Å². The fourth-order valence-electron chi connectivity index (χ4n) is 2.91. The van der Waals surface area contributed by atoms with E-state index in [1.807, 2.05) is 0 Å². The van der Waals surface area contributed by atoms with Gasteiger partial charge >= 0.3 is 6.03 Å². The van der Waals surface area contributed by atoms with Crippen molar-refractivity contribution in [3.8, 4) is 0 Å². The highest BCUT2D eigenvalue weighted by atomic mass is 32.2. The summed E-state index contributed by atoms with van der Waals surface area (Å²) in [6.45, 7) is 0.480. The highest BCUT2D eigenvalue weighted by Gasteiger charge is 2.33. The van der Waals surface area contributed by atoms with Crippen molar-refractivity contribution in [3.63, 3.8) is 0 Å². The van der Waals surface area contributed by atoms with Crippen molar-refractivity contribution in [3.05, 3.63) is 24.1 Å².